The summed E-state index contributed by atoms with van der Waals surface area (Å²) >= 11 is 25.1. The van der Waals surface area contributed by atoms with Crippen LogP contribution in [-0.2, 0) is 0 Å². The van der Waals surface area contributed by atoms with Gasteiger partial charge >= 0.3 is 0 Å². The van der Waals surface area contributed by atoms with Gasteiger partial charge in [0.2, 0.25) is 5.11 Å². The second-order valence-electron chi connectivity index (χ2n) is 17.4. The summed E-state index contributed by atoms with van der Waals surface area (Å²) in [5, 5.41) is 9.98. The van der Waals surface area contributed by atoms with E-state index in [9.17, 15) is 4.79 Å². The number of aliphatic imine (C=N–C) groups is 2. The number of benzene rings is 6. The average Bonchev–Trinajstić information content (AvgIpc) is 4.23. The normalized spacial score (nSPS) is 19.5. The number of nitrogens with zero attached hydrogens (tertiary/aromatic N) is 7. The second-order valence-corrected chi connectivity index (χ2v) is 18.9. The summed E-state index contributed by atoms with van der Waals surface area (Å²) in [4.78, 5) is 49.1. The number of anilines is 3. The molecule has 6 aromatic carbocycles. The molecule has 2 aliphatic heterocycles. The zero-order valence-corrected chi connectivity index (χ0v) is 39.6. The molecular formula is C53H35Cl2N11O2S2. The Labute approximate surface area is 418 Å². The minimum atomic E-state index is -0.805. The van der Waals surface area contributed by atoms with Crippen LogP contribution in [0.2, 0.25) is 10.0 Å². The highest BCUT2D eigenvalue weighted by atomic mass is 35.5. The van der Waals surface area contributed by atoms with E-state index in [0.29, 0.717) is 55.3 Å². The van der Waals surface area contributed by atoms with Gasteiger partial charge in [-0.3, -0.25) is 14.8 Å². The van der Waals surface area contributed by atoms with E-state index in [1.54, 1.807) is 30.9 Å². The van der Waals surface area contributed by atoms with E-state index in [-0.39, 0.29) is 28.5 Å². The molecule has 6 heterocycles. The lowest BCUT2D eigenvalue weighted by molar-refractivity contribution is 0.588. The summed E-state index contributed by atoms with van der Waals surface area (Å²) in [6.45, 7) is 0. The van der Waals surface area contributed by atoms with Crippen LogP contribution >= 0.6 is 47.6 Å². The molecule has 70 heavy (non-hydrogen) atoms. The number of thiocarbonyl (C=S) groups is 2. The van der Waals surface area contributed by atoms with Crippen molar-refractivity contribution in [3.05, 3.63) is 201 Å². The molecule has 0 bridgehead atoms. The Kier molecular flexibility index (Phi) is 10.1. The van der Waals surface area contributed by atoms with Crippen LogP contribution in [0.15, 0.2) is 172 Å². The lowest BCUT2D eigenvalue weighted by Gasteiger charge is -2.27. The van der Waals surface area contributed by atoms with E-state index in [4.69, 9.17) is 62.0 Å². The van der Waals surface area contributed by atoms with Crippen molar-refractivity contribution in [2.45, 2.75) is 30.5 Å². The van der Waals surface area contributed by atoms with Gasteiger partial charge < -0.3 is 34.8 Å². The molecule has 1 saturated heterocycles. The van der Waals surface area contributed by atoms with Crippen molar-refractivity contribution in [1.82, 2.24) is 30.2 Å². The van der Waals surface area contributed by atoms with Gasteiger partial charge in [-0.25, -0.2) is 15.0 Å². The molecule has 10 aromatic rings. The zero-order chi connectivity index (χ0) is 47.2. The van der Waals surface area contributed by atoms with Crippen molar-refractivity contribution >= 4 is 131 Å². The fourth-order valence-corrected chi connectivity index (χ4v) is 11.2. The Morgan fingerprint density at radius 1 is 0.700 bits per heavy atom. The molecule has 0 saturated carbocycles. The molecule has 13 nitrogen and oxygen atoms in total. The third-order valence-corrected chi connectivity index (χ3v) is 14.6. The van der Waals surface area contributed by atoms with E-state index in [0.717, 1.165) is 66.7 Å². The highest BCUT2D eigenvalue weighted by Crippen LogP contribution is 2.48. The number of H-pyrrole nitrogens is 2. The molecule has 17 heteroatoms. The third kappa shape index (κ3) is 7.03. The van der Waals surface area contributed by atoms with Crippen molar-refractivity contribution in [2.75, 3.05) is 15.1 Å². The van der Waals surface area contributed by atoms with Gasteiger partial charge in [-0.1, -0.05) is 71.7 Å². The maximum Gasteiger partial charge on any atom is 0.202 e. The van der Waals surface area contributed by atoms with Crippen LogP contribution < -0.4 is 25.9 Å². The quantitative estimate of drug-likeness (QED) is 0.113. The van der Waals surface area contributed by atoms with Gasteiger partial charge in [-0.05, 0) is 132 Å². The molecular weight excluding hydrogens is 958 g/mol. The van der Waals surface area contributed by atoms with Gasteiger partial charge in [0.1, 0.15) is 35.6 Å². The number of nitrogens with one attached hydrogen (secondary N) is 4. The molecule has 1 aliphatic carbocycles. The highest BCUT2D eigenvalue weighted by molar-refractivity contribution is 7.80. The molecule has 1 fully saturated rings. The minimum Gasteiger partial charge on any atom is -0.464 e. The number of aromatic nitrogens is 5. The van der Waals surface area contributed by atoms with Crippen molar-refractivity contribution in [1.29, 1.82) is 0 Å². The summed E-state index contributed by atoms with van der Waals surface area (Å²) in [6, 6.07) is 40.0. The van der Waals surface area contributed by atoms with Crippen molar-refractivity contribution in [3.8, 4) is 0 Å². The summed E-state index contributed by atoms with van der Waals surface area (Å²) in [6.07, 6.45) is 7.34. The third-order valence-electron chi connectivity index (χ3n) is 13.4. The van der Waals surface area contributed by atoms with Gasteiger partial charge in [-0.2, -0.15) is 0 Å². The average molecular weight is 993 g/mol. The van der Waals surface area contributed by atoms with Crippen LogP contribution in [0.5, 0.6) is 0 Å². The minimum absolute atomic E-state index is 0.0575. The van der Waals surface area contributed by atoms with Crippen LogP contribution in [0.3, 0.4) is 0 Å². The standard InChI is InChI=1S/C53H35Cl2N11O2S2/c54-28-10-14-38(55)43(20-28)62-51-48(66(53(70)64-51)30-12-16-41-45(22-30)60-26-58-41)37-24-68-46-19-27(9-13-35(46)49(37)67)36-23-42(32-6-2-1-5-31(32)36)61-50-47(34-17-18-56-39-8-4-3-7-33(34)39)65(52(69)63-50)29-11-15-40-44(21-29)59-25-57-40/h1-22,24-26,36,42,47-48H,23H2,(H,57,59)(H,58,60)(H,61,63,69)(H,62,64,70)/t36?,42-,47?,48?/m1/s1. The largest absolute Gasteiger partial charge is 0.464 e. The first-order valence-corrected chi connectivity index (χ1v) is 24.0. The number of hydrogen-bond acceptors (Lipinski definition) is 9. The molecule has 0 radical (unpaired) electrons. The van der Waals surface area contributed by atoms with Crippen LogP contribution in [0, 0.1) is 0 Å². The Morgan fingerprint density at radius 3 is 2.24 bits per heavy atom. The highest BCUT2D eigenvalue weighted by Gasteiger charge is 2.41. The summed E-state index contributed by atoms with van der Waals surface area (Å²) in [5.41, 5.74) is 11.2. The first-order chi connectivity index (χ1) is 34.2. The molecule has 4 atom stereocenters. The predicted octanol–water partition coefficient (Wildman–Crippen LogP) is 11.9. The molecule has 0 amide bonds. The fraction of sp³-hybridized carbons (Fsp3) is 0.0943. The molecule has 13 rings (SSSR count). The van der Waals surface area contributed by atoms with Crippen LogP contribution in [0.4, 0.5) is 17.1 Å². The molecule has 340 valence electrons. The second kappa shape index (κ2) is 16.7. The molecule has 4 aromatic heterocycles. The van der Waals surface area contributed by atoms with Gasteiger partial charge in [0.05, 0.1) is 67.9 Å². The SMILES string of the molecule is O=c1c(C2C(Nc3cc(Cl)ccc3Cl)=NC(=S)N2c2ccc3nc[nH]c3c2)coc2cc(C3C[C@@H](N=C4NC(=S)N(c5ccc6nc[nH]c6c5)C4c4ccnc5ccccc45)c4ccccc43)ccc12. The number of amidine groups is 2. The van der Waals surface area contributed by atoms with Crippen LogP contribution in [-0.4, -0.2) is 46.8 Å². The monoisotopic (exact) mass is 991 g/mol. The van der Waals surface area contributed by atoms with Gasteiger partial charge in [0, 0.05) is 33.9 Å². The predicted molar refractivity (Wildman–Crippen MR) is 286 cm³/mol. The van der Waals surface area contributed by atoms with E-state index in [2.05, 4.69) is 82.9 Å². The number of halogens is 2. The van der Waals surface area contributed by atoms with Gasteiger partial charge in [-0.15, -0.1) is 0 Å². The van der Waals surface area contributed by atoms with Gasteiger partial charge in [0.15, 0.2) is 10.5 Å². The molecule has 4 N–H and O–H groups in total. The fourth-order valence-electron chi connectivity index (χ4n) is 10.2. The van der Waals surface area contributed by atoms with E-state index in [1.807, 2.05) is 77.8 Å². The van der Waals surface area contributed by atoms with Gasteiger partial charge in [0.25, 0.3) is 0 Å². The summed E-state index contributed by atoms with van der Waals surface area (Å²) in [5.74, 6) is 1.07. The lowest BCUT2D eigenvalue weighted by Crippen LogP contribution is -2.36. The molecule has 0 spiro atoms. The number of fused-ring (bicyclic) bond motifs is 5. The number of para-hydroxylation sites is 1. The summed E-state index contributed by atoms with van der Waals surface area (Å²) < 4.78 is 6.48. The van der Waals surface area contributed by atoms with Crippen molar-refractivity contribution in [2.24, 2.45) is 9.98 Å². The first kappa shape index (κ1) is 42.3. The molecule has 3 aliphatic rings. The Morgan fingerprint density at radius 2 is 1.44 bits per heavy atom. The van der Waals surface area contributed by atoms with Crippen molar-refractivity contribution in [3.63, 3.8) is 0 Å². The van der Waals surface area contributed by atoms with E-state index < -0.39 is 6.04 Å². The first-order valence-electron chi connectivity index (χ1n) is 22.4. The van der Waals surface area contributed by atoms with Crippen LogP contribution in [0.25, 0.3) is 43.9 Å². The number of hydrogen-bond donors (Lipinski definition) is 4. The van der Waals surface area contributed by atoms with Crippen LogP contribution in [0.1, 0.15) is 58.3 Å². The number of aromatic amines is 2. The maximum atomic E-state index is 14.9. The number of rotatable bonds is 7. The van der Waals surface area contributed by atoms with E-state index >= 15 is 0 Å². The topological polar surface area (TPSA) is 156 Å². The Bertz CT molecular complexity index is 3960. The molecule has 3 unspecified atom stereocenters. The Balaban J connectivity index is 0.868. The number of imidazole rings is 2. The maximum absolute atomic E-state index is 14.9. The summed E-state index contributed by atoms with van der Waals surface area (Å²) in [7, 11) is 0. The zero-order valence-electron chi connectivity index (χ0n) is 36.5. The van der Waals surface area contributed by atoms with Crippen molar-refractivity contribution < 1.29 is 4.42 Å². The van der Waals surface area contributed by atoms with E-state index in [1.165, 1.54) is 6.26 Å². The lowest BCUT2D eigenvalue weighted by atomic mass is 9.92. The number of pyridine rings is 1. The smallest absolute Gasteiger partial charge is 0.202 e. The Hall–Kier alpha value is -7.82.